The van der Waals surface area contributed by atoms with Gasteiger partial charge in [0, 0.05) is 30.2 Å². The number of fused-ring (bicyclic) bond motifs is 1. The van der Waals surface area contributed by atoms with Gasteiger partial charge in [-0.2, -0.15) is 0 Å². The molecular weight excluding hydrogens is 294 g/mol. The van der Waals surface area contributed by atoms with Gasteiger partial charge >= 0.3 is 0 Å². The molecule has 3 aromatic rings. The third-order valence-electron chi connectivity index (χ3n) is 4.40. The molecule has 0 aliphatic rings. The monoisotopic (exact) mass is 321 g/mol. The number of aromatic nitrogens is 1. The lowest BCUT2D eigenvalue weighted by Crippen LogP contribution is -2.19. The minimum Gasteiger partial charge on any atom is -0.343 e. The van der Waals surface area contributed by atoms with Crippen LogP contribution in [-0.2, 0) is 13.1 Å². The Morgan fingerprint density at radius 3 is 2.71 bits per heavy atom. The summed E-state index contributed by atoms with van der Waals surface area (Å²) in [5, 5.41) is 8.10. The number of rotatable bonds is 8. The standard InChI is InChI=1S/C21H27N3/c1-17-7-5-8-18(13-17)15-24-16-19(14-23-12-6-11-22-2)20-9-3-4-10-21(20)24/h3-5,7-10,13,16,22-23H,6,11-12,14-15H2,1-2H3. The number of hydrogen-bond acceptors (Lipinski definition) is 2. The molecule has 126 valence electrons. The third kappa shape index (κ3) is 4.05. The minimum absolute atomic E-state index is 0.919. The molecule has 0 spiro atoms. The van der Waals surface area contributed by atoms with E-state index >= 15 is 0 Å². The molecule has 0 fully saturated rings. The van der Waals surface area contributed by atoms with E-state index < -0.39 is 0 Å². The summed E-state index contributed by atoms with van der Waals surface area (Å²) in [7, 11) is 2.00. The van der Waals surface area contributed by atoms with Crippen LogP contribution in [0.3, 0.4) is 0 Å². The summed E-state index contributed by atoms with van der Waals surface area (Å²) < 4.78 is 2.37. The number of nitrogens with one attached hydrogen (secondary N) is 2. The van der Waals surface area contributed by atoms with Crippen LogP contribution in [0, 0.1) is 6.92 Å². The summed E-state index contributed by atoms with van der Waals surface area (Å²) in [5.41, 5.74) is 5.36. The van der Waals surface area contributed by atoms with Crippen LogP contribution >= 0.6 is 0 Å². The van der Waals surface area contributed by atoms with Crippen LogP contribution in [0.2, 0.25) is 0 Å². The first-order valence-electron chi connectivity index (χ1n) is 8.75. The van der Waals surface area contributed by atoms with Gasteiger partial charge in [-0.3, -0.25) is 0 Å². The smallest absolute Gasteiger partial charge is 0.0486 e. The van der Waals surface area contributed by atoms with Gasteiger partial charge in [-0.15, -0.1) is 0 Å². The summed E-state index contributed by atoms with van der Waals surface area (Å²) in [4.78, 5) is 0. The van der Waals surface area contributed by atoms with Gasteiger partial charge in [0.1, 0.15) is 0 Å². The quantitative estimate of drug-likeness (QED) is 0.620. The normalized spacial score (nSPS) is 11.2. The van der Waals surface area contributed by atoms with Crippen LogP contribution in [0.4, 0.5) is 0 Å². The molecule has 2 aromatic carbocycles. The Bertz CT molecular complexity index is 789. The number of para-hydroxylation sites is 1. The Morgan fingerprint density at radius 2 is 1.88 bits per heavy atom. The van der Waals surface area contributed by atoms with Crippen molar-refractivity contribution >= 4 is 10.9 Å². The van der Waals surface area contributed by atoms with Gasteiger partial charge < -0.3 is 15.2 Å². The largest absolute Gasteiger partial charge is 0.343 e. The zero-order valence-electron chi connectivity index (χ0n) is 14.7. The molecule has 0 bridgehead atoms. The van der Waals surface area contributed by atoms with Gasteiger partial charge in [0.2, 0.25) is 0 Å². The first-order chi connectivity index (χ1) is 11.8. The van der Waals surface area contributed by atoms with Crippen LogP contribution in [0.5, 0.6) is 0 Å². The summed E-state index contributed by atoms with van der Waals surface area (Å²) in [6.07, 6.45) is 3.45. The SMILES string of the molecule is CNCCCNCc1cn(Cc2cccc(C)c2)c2ccccc12. The van der Waals surface area contributed by atoms with Crippen molar-refractivity contribution in [3.05, 3.63) is 71.4 Å². The number of hydrogen-bond donors (Lipinski definition) is 2. The molecule has 0 saturated heterocycles. The van der Waals surface area contributed by atoms with Gasteiger partial charge in [0.25, 0.3) is 0 Å². The zero-order valence-corrected chi connectivity index (χ0v) is 14.7. The van der Waals surface area contributed by atoms with Crippen LogP contribution in [-0.4, -0.2) is 24.7 Å². The predicted molar refractivity (Wildman–Crippen MR) is 102 cm³/mol. The van der Waals surface area contributed by atoms with E-state index in [1.54, 1.807) is 0 Å². The van der Waals surface area contributed by atoms with Crippen molar-refractivity contribution in [2.75, 3.05) is 20.1 Å². The molecule has 3 rings (SSSR count). The maximum atomic E-state index is 3.56. The van der Waals surface area contributed by atoms with E-state index in [1.165, 1.54) is 27.6 Å². The molecule has 1 aromatic heterocycles. The molecule has 0 aliphatic heterocycles. The van der Waals surface area contributed by atoms with Gasteiger partial charge in [0.05, 0.1) is 0 Å². The van der Waals surface area contributed by atoms with E-state index in [0.29, 0.717) is 0 Å². The Morgan fingerprint density at radius 1 is 1.00 bits per heavy atom. The van der Waals surface area contributed by atoms with Crippen molar-refractivity contribution < 1.29 is 0 Å². The van der Waals surface area contributed by atoms with Crippen LogP contribution in [0.1, 0.15) is 23.1 Å². The van der Waals surface area contributed by atoms with Crippen molar-refractivity contribution in [3.63, 3.8) is 0 Å². The molecule has 1 heterocycles. The molecule has 3 nitrogen and oxygen atoms in total. The van der Waals surface area contributed by atoms with Crippen LogP contribution < -0.4 is 10.6 Å². The molecule has 0 unspecified atom stereocenters. The average Bonchev–Trinajstić information content (AvgIpc) is 2.93. The van der Waals surface area contributed by atoms with Crippen LogP contribution in [0.15, 0.2) is 54.7 Å². The van der Waals surface area contributed by atoms with Crippen molar-refractivity contribution in [3.8, 4) is 0 Å². The molecule has 0 aliphatic carbocycles. The summed E-state index contributed by atoms with van der Waals surface area (Å²) in [6.45, 7) is 6.09. The predicted octanol–water partition coefficient (Wildman–Crippen LogP) is 3.70. The highest BCUT2D eigenvalue weighted by molar-refractivity contribution is 5.84. The van der Waals surface area contributed by atoms with Crippen molar-refractivity contribution in [2.45, 2.75) is 26.4 Å². The van der Waals surface area contributed by atoms with E-state index in [9.17, 15) is 0 Å². The fourth-order valence-corrected chi connectivity index (χ4v) is 3.21. The van der Waals surface area contributed by atoms with Gasteiger partial charge in [-0.05, 0) is 50.7 Å². The first kappa shape index (κ1) is 16.7. The fraction of sp³-hybridized carbons (Fsp3) is 0.333. The highest BCUT2D eigenvalue weighted by Crippen LogP contribution is 2.22. The lowest BCUT2D eigenvalue weighted by Gasteiger charge is -2.06. The summed E-state index contributed by atoms with van der Waals surface area (Å²) in [6, 6.07) is 17.5. The van der Waals surface area contributed by atoms with E-state index in [2.05, 4.69) is 76.9 Å². The third-order valence-corrected chi connectivity index (χ3v) is 4.40. The maximum Gasteiger partial charge on any atom is 0.0486 e. The highest BCUT2D eigenvalue weighted by Gasteiger charge is 2.08. The molecule has 0 saturated carbocycles. The fourth-order valence-electron chi connectivity index (χ4n) is 3.21. The first-order valence-corrected chi connectivity index (χ1v) is 8.75. The van der Waals surface area contributed by atoms with Crippen molar-refractivity contribution in [1.29, 1.82) is 0 Å². The minimum atomic E-state index is 0.919. The summed E-state index contributed by atoms with van der Waals surface area (Å²) in [5.74, 6) is 0. The molecule has 2 N–H and O–H groups in total. The molecule has 3 heteroatoms. The summed E-state index contributed by atoms with van der Waals surface area (Å²) >= 11 is 0. The van der Waals surface area contributed by atoms with Crippen LogP contribution in [0.25, 0.3) is 10.9 Å². The average molecular weight is 321 g/mol. The molecule has 0 radical (unpaired) electrons. The second-order valence-corrected chi connectivity index (χ2v) is 6.42. The Kier molecular flexibility index (Phi) is 5.68. The van der Waals surface area contributed by atoms with E-state index in [-0.39, 0.29) is 0 Å². The van der Waals surface area contributed by atoms with Gasteiger partial charge in [-0.1, -0.05) is 48.0 Å². The topological polar surface area (TPSA) is 29.0 Å². The Hall–Kier alpha value is -2.10. The molecular formula is C21H27N3. The maximum absolute atomic E-state index is 3.56. The number of nitrogens with zero attached hydrogens (tertiary/aromatic N) is 1. The van der Waals surface area contributed by atoms with E-state index in [4.69, 9.17) is 0 Å². The zero-order chi connectivity index (χ0) is 16.8. The highest BCUT2D eigenvalue weighted by atomic mass is 15.0. The lowest BCUT2D eigenvalue weighted by molar-refractivity contribution is 0.625. The van der Waals surface area contributed by atoms with Crippen molar-refractivity contribution in [1.82, 2.24) is 15.2 Å². The number of benzene rings is 2. The number of aryl methyl sites for hydroxylation is 1. The van der Waals surface area contributed by atoms with Crippen molar-refractivity contribution in [2.24, 2.45) is 0 Å². The lowest BCUT2D eigenvalue weighted by atomic mass is 10.1. The molecule has 24 heavy (non-hydrogen) atoms. The van der Waals surface area contributed by atoms with E-state index in [1.807, 2.05) is 7.05 Å². The van der Waals surface area contributed by atoms with Gasteiger partial charge in [-0.25, -0.2) is 0 Å². The Labute approximate surface area is 144 Å². The second kappa shape index (κ2) is 8.13. The Balaban J connectivity index is 1.78. The van der Waals surface area contributed by atoms with E-state index in [0.717, 1.165) is 32.6 Å². The second-order valence-electron chi connectivity index (χ2n) is 6.42. The molecule has 0 atom stereocenters. The van der Waals surface area contributed by atoms with Gasteiger partial charge in [0.15, 0.2) is 0 Å². The molecule has 0 amide bonds.